The highest BCUT2D eigenvalue weighted by molar-refractivity contribution is 8.53. The number of rotatable bonds is 23. The van der Waals surface area contributed by atoms with Crippen molar-refractivity contribution >= 4 is 59.2 Å². The largest absolute Gasteiger partial charge is 0.497 e. The zero-order chi connectivity index (χ0) is 48.2. The predicted octanol–water partition coefficient (Wildman–Crippen LogP) is 8.31. The third-order valence-electron chi connectivity index (χ3n) is 11.7. The van der Waals surface area contributed by atoms with Crippen LogP contribution in [0.5, 0.6) is 11.5 Å². The molecular formula is C50H58N7O9PS2. The van der Waals surface area contributed by atoms with Gasteiger partial charge in [0.05, 0.1) is 46.7 Å². The number of carbonyl (C=O) groups is 1. The summed E-state index contributed by atoms with van der Waals surface area (Å²) in [4.78, 5) is 44.8. The highest BCUT2D eigenvalue weighted by atomic mass is 32.7. The summed E-state index contributed by atoms with van der Waals surface area (Å²) in [7, 11) is 7.25. The van der Waals surface area contributed by atoms with Gasteiger partial charge in [-0.25, -0.2) is 9.98 Å². The number of thioether (sulfide) groups is 1. The van der Waals surface area contributed by atoms with Gasteiger partial charge in [0.25, 0.3) is 5.56 Å². The Hall–Kier alpha value is -5.14. The van der Waals surface area contributed by atoms with Crippen LogP contribution in [0.2, 0.25) is 0 Å². The van der Waals surface area contributed by atoms with Gasteiger partial charge in [0, 0.05) is 51.4 Å². The van der Waals surface area contributed by atoms with E-state index in [1.54, 1.807) is 54.8 Å². The van der Waals surface area contributed by atoms with Crippen LogP contribution in [-0.4, -0.2) is 139 Å². The second kappa shape index (κ2) is 24.1. The van der Waals surface area contributed by atoms with Gasteiger partial charge in [0.2, 0.25) is 11.1 Å². The molecule has 0 aliphatic carbocycles. The van der Waals surface area contributed by atoms with Crippen molar-refractivity contribution in [2.75, 3.05) is 79.8 Å². The van der Waals surface area contributed by atoms with Crippen LogP contribution < -0.4 is 15.0 Å². The zero-order valence-corrected chi connectivity index (χ0v) is 41.9. The standard InChI is InChI=1S/C50H58N7O9PS2/c1-55(2)33-52-49-53-45-42(46(58)54-49)51-34-57(45)47-44(63-29-28-60-3)43(66-67(56-26-12-13-27-56)69-31-30-68-48(59)35-14-8-6-9-15-35)41(65-47)32-64-50(36-16-10-7-11-17-36,37-18-22-39(61-4)23-19-37)38-20-24-40(62-5)25-21-38/h6-11,14-25,33-34,41,43-44,47H,12-13,26-32H2,1-5H3,(H,53,54,58)/b52-33+/t41-,43+,44+,47-,67?/m1/s1. The molecule has 0 saturated carbocycles. The van der Waals surface area contributed by atoms with Crippen LogP contribution in [-0.2, 0) is 29.1 Å². The molecule has 0 amide bonds. The minimum Gasteiger partial charge on any atom is -0.497 e. The summed E-state index contributed by atoms with van der Waals surface area (Å²) in [6.45, 7) is 2.27. The minimum absolute atomic E-state index is 0.0204. The molecule has 1 unspecified atom stereocenters. The smallest absolute Gasteiger partial charge is 0.280 e. The Bertz CT molecular complexity index is 2610. The molecule has 4 aromatic carbocycles. The molecule has 2 saturated heterocycles. The van der Waals surface area contributed by atoms with Gasteiger partial charge in [-0.05, 0) is 53.8 Å². The SMILES string of the molecule is COCCO[C@H]1[C@@H](OP(SCCSC(=O)c2ccccc2)N2CCCC2)[C@@H](COC(c2ccccc2)(c2ccc(OC)cc2)c2ccc(OC)cc2)O[C@H]1n1cnc2c(=O)[nH]c(/N=C/N(C)C)nc21. The van der Waals surface area contributed by atoms with Gasteiger partial charge in [0.1, 0.15) is 35.4 Å². The number of carbonyl (C=O) groups excluding carboxylic acids is 1. The van der Waals surface area contributed by atoms with Crippen molar-refractivity contribution in [2.24, 2.45) is 4.99 Å². The number of ether oxygens (including phenoxy) is 6. The summed E-state index contributed by atoms with van der Waals surface area (Å²) in [6.07, 6.45) is 2.05. The number of hydrogen-bond donors (Lipinski definition) is 1. The Labute approximate surface area is 411 Å². The predicted molar refractivity (Wildman–Crippen MR) is 272 cm³/mol. The van der Waals surface area contributed by atoms with Crippen LogP contribution in [0.4, 0.5) is 5.95 Å². The number of hydrogen-bond acceptors (Lipinski definition) is 15. The maximum Gasteiger partial charge on any atom is 0.280 e. The van der Waals surface area contributed by atoms with E-state index in [9.17, 15) is 9.59 Å². The molecule has 16 nitrogen and oxygen atoms in total. The van der Waals surface area contributed by atoms with Crippen molar-refractivity contribution in [2.45, 2.75) is 43.0 Å². The molecule has 0 spiro atoms. The Morgan fingerprint density at radius 3 is 2.13 bits per heavy atom. The van der Waals surface area contributed by atoms with E-state index in [-0.39, 0.29) is 35.4 Å². The lowest BCUT2D eigenvalue weighted by Crippen LogP contribution is -2.41. The second-order valence-electron chi connectivity index (χ2n) is 16.4. The second-order valence-corrected chi connectivity index (χ2v) is 21.1. The molecule has 69 heavy (non-hydrogen) atoms. The molecule has 6 aromatic rings. The summed E-state index contributed by atoms with van der Waals surface area (Å²) in [5, 5.41) is 0.0321. The van der Waals surface area contributed by atoms with E-state index in [0.29, 0.717) is 35.2 Å². The number of fused-ring (bicyclic) bond motifs is 1. The molecule has 4 heterocycles. The van der Waals surface area contributed by atoms with Crippen LogP contribution in [0, 0.1) is 0 Å². The molecule has 2 aromatic heterocycles. The molecule has 364 valence electrons. The highest BCUT2D eigenvalue weighted by Gasteiger charge is 2.51. The lowest BCUT2D eigenvalue weighted by molar-refractivity contribution is -0.0964. The molecule has 19 heteroatoms. The quantitative estimate of drug-likeness (QED) is 0.0214. The van der Waals surface area contributed by atoms with Crippen molar-refractivity contribution < 1.29 is 37.7 Å². The number of aromatic amines is 1. The average molecular weight is 996 g/mol. The van der Waals surface area contributed by atoms with Crippen LogP contribution in [0.15, 0.2) is 125 Å². The third kappa shape index (κ3) is 11.9. The molecule has 2 aliphatic rings. The van der Waals surface area contributed by atoms with Gasteiger partial charge in [-0.2, -0.15) is 4.98 Å². The lowest BCUT2D eigenvalue weighted by atomic mass is 9.80. The average Bonchev–Trinajstić information content (AvgIpc) is 4.16. The van der Waals surface area contributed by atoms with Crippen molar-refractivity contribution in [3.8, 4) is 11.5 Å². The number of benzene rings is 4. The summed E-state index contributed by atoms with van der Waals surface area (Å²) >= 11 is 3.01. The summed E-state index contributed by atoms with van der Waals surface area (Å²) in [6, 6.07) is 35.2. The maximum atomic E-state index is 13.5. The molecule has 0 radical (unpaired) electrons. The van der Waals surface area contributed by atoms with E-state index in [2.05, 4.69) is 31.8 Å². The van der Waals surface area contributed by atoms with Crippen LogP contribution in [0.25, 0.3) is 11.2 Å². The molecule has 2 fully saturated rings. The monoisotopic (exact) mass is 995 g/mol. The number of nitrogens with zero attached hydrogens (tertiary/aromatic N) is 6. The molecule has 5 atom stereocenters. The van der Waals surface area contributed by atoms with Gasteiger partial charge >= 0.3 is 0 Å². The van der Waals surface area contributed by atoms with E-state index in [1.807, 2.05) is 111 Å². The van der Waals surface area contributed by atoms with E-state index in [1.165, 1.54) is 11.8 Å². The number of nitrogens with one attached hydrogen (secondary N) is 1. The number of imidazole rings is 1. The fourth-order valence-electron chi connectivity index (χ4n) is 8.31. The normalized spacial score (nSPS) is 19.1. The van der Waals surface area contributed by atoms with Crippen molar-refractivity contribution in [1.82, 2.24) is 29.1 Å². The van der Waals surface area contributed by atoms with Gasteiger partial charge in [0.15, 0.2) is 24.9 Å². The highest BCUT2D eigenvalue weighted by Crippen LogP contribution is 2.58. The first-order valence-electron chi connectivity index (χ1n) is 22.7. The first-order valence-corrected chi connectivity index (χ1v) is 26.5. The Balaban J connectivity index is 1.21. The Morgan fingerprint density at radius 1 is 0.870 bits per heavy atom. The van der Waals surface area contributed by atoms with Crippen molar-refractivity contribution in [1.29, 1.82) is 0 Å². The van der Waals surface area contributed by atoms with Crippen molar-refractivity contribution in [3.05, 3.63) is 148 Å². The van der Waals surface area contributed by atoms with Crippen LogP contribution >= 0.6 is 30.6 Å². The van der Waals surface area contributed by atoms with E-state index in [0.717, 1.165) is 42.6 Å². The van der Waals surface area contributed by atoms with Gasteiger partial charge in [-0.3, -0.25) is 23.8 Å². The van der Waals surface area contributed by atoms with Crippen LogP contribution in [0.1, 0.15) is 46.1 Å². The lowest BCUT2D eigenvalue weighted by Gasteiger charge is -2.38. The van der Waals surface area contributed by atoms with Gasteiger partial charge < -0.3 is 37.8 Å². The van der Waals surface area contributed by atoms with E-state index < -0.39 is 43.2 Å². The summed E-state index contributed by atoms with van der Waals surface area (Å²) in [5.41, 5.74) is 2.03. The topological polar surface area (TPSA) is 164 Å². The summed E-state index contributed by atoms with van der Waals surface area (Å²) in [5.74, 6) is 2.78. The Kier molecular flexibility index (Phi) is 17.6. The first kappa shape index (κ1) is 50.3. The van der Waals surface area contributed by atoms with Gasteiger partial charge in [-0.1, -0.05) is 108 Å². The maximum absolute atomic E-state index is 13.5. The fourth-order valence-corrected chi connectivity index (χ4v) is 13.6. The third-order valence-corrected chi connectivity index (χ3v) is 16.9. The molecule has 1 N–H and O–H groups in total. The van der Waals surface area contributed by atoms with E-state index in [4.69, 9.17) is 37.9 Å². The van der Waals surface area contributed by atoms with E-state index >= 15 is 0 Å². The first-order chi connectivity index (χ1) is 33.7. The molecule has 0 bridgehead atoms. The fraction of sp³-hybridized carbons (Fsp3) is 0.380. The summed E-state index contributed by atoms with van der Waals surface area (Å²) < 4.78 is 49.8. The number of methoxy groups -OCH3 is 3. The number of aliphatic imine (C=N–C) groups is 1. The molecule has 8 rings (SSSR count). The van der Waals surface area contributed by atoms with Crippen LogP contribution in [0.3, 0.4) is 0 Å². The number of H-pyrrole nitrogens is 1. The minimum atomic E-state index is -1.31. The van der Waals surface area contributed by atoms with Gasteiger partial charge in [-0.15, -0.1) is 0 Å². The zero-order valence-electron chi connectivity index (χ0n) is 39.3. The van der Waals surface area contributed by atoms with Crippen molar-refractivity contribution in [3.63, 3.8) is 0 Å². The number of aromatic nitrogens is 4. The molecule has 2 aliphatic heterocycles. The molecular weight excluding hydrogens is 938 g/mol. The Morgan fingerprint density at radius 2 is 1.51 bits per heavy atom.